The fraction of sp³-hybridized carbons (Fsp3) is 0.450. The molecule has 0 saturated carbocycles. The van der Waals surface area contributed by atoms with Gasteiger partial charge < -0.3 is 4.90 Å². The average molecular weight is 422 g/mol. The van der Waals surface area contributed by atoms with Crippen LogP contribution in [0, 0.1) is 13.8 Å². The van der Waals surface area contributed by atoms with Gasteiger partial charge in [-0.25, -0.2) is 8.42 Å². The van der Waals surface area contributed by atoms with Crippen molar-refractivity contribution in [2.75, 3.05) is 39.8 Å². The van der Waals surface area contributed by atoms with Gasteiger partial charge >= 0.3 is 0 Å². The number of amides is 1. The van der Waals surface area contributed by atoms with E-state index in [0.717, 1.165) is 17.7 Å². The Morgan fingerprint density at radius 3 is 2.43 bits per heavy atom. The number of rotatable bonds is 6. The number of carbonyl (C=O) groups excluding carboxylic acids is 1. The van der Waals surface area contributed by atoms with Crippen molar-refractivity contribution in [2.45, 2.75) is 25.3 Å². The summed E-state index contributed by atoms with van der Waals surface area (Å²) in [5.41, 5.74) is 2.03. The average Bonchev–Trinajstić information content (AvgIpc) is 3.16. The number of sulfonamides is 1. The molecule has 1 saturated heterocycles. The molecule has 1 aromatic carbocycles. The lowest BCUT2D eigenvalue weighted by Gasteiger charge is -2.34. The lowest BCUT2D eigenvalue weighted by Crippen LogP contribution is -2.52. The first-order chi connectivity index (χ1) is 13.3. The molecule has 0 radical (unpaired) electrons. The Morgan fingerprint density at radius 1 is 1.11 bits per heavy atom. The number of carbonyl (C=O) groups is 1. The fourth-order valence-electron chi connectivity index (χ4n) is 3.26. The molecule has 3 rings (SSSR count). The van der Waals surface area contributed by atoms with Crippen molar-refractivity contribution >= 4 is 27.3 Å². The van der Waals surface area contributed by atoms with Gasteiger partial charge in [-0.05, 0) is 55.6 Å². The lowest BCUT2D eigenvalue weighted by molar-refractivity contribution is -0.133. The van der Waals surface area contributed by atoms with Crippen molar-refractivity contribution in [3.63, 3.8) is 0 Å². The Balaban J connectivity index is 1.56. The Morgan fingerprint density at radius 2 is 1.82 bits per heavy atom. The predicted octanol–water partition coefficient (Wildman–Crippen LogP) is 2.33. The first-order valence-electron chi connectivity index (χ1n) is 9.33. The van der Waals surface area contributed by atoms with Crippen molar-refractivity contribution in [1.29, 1.82) is 0 Å². The van der Waals surface area contributed by atoms with Crippen LogP contribution < -0.4 is 0 Å². The molecule has 0 bridgehead atoms. The molecule has 28 heavy (non-hydrogen) atoms. The van der Waals surface area contributed by atoms with Crippen LogP contribution in [0.5, 0.6) is 0 Å². The minimum Gasteiger partial charge on any atom is -0.339 e. The largest absolute Gasteiger partial charge is 0.339 e. The third-order valence-electron chi connectivity index (χ3n) is 5.12. The summed E-state index contributed by atoms with van der Waals surface area (Å²) in [6.07, 6.45) is 0. The number of aryl methyl sites for hydroxylation is 2. The van der Waals surface area contributed by atoms with Gasteiger partial charge in [0.05, 0.1) is 11.4 Å². The molecule has 1 aliphatic rings. The molecule has 1 fully saturated rings. The molecule has 1 amide bonds. The quantitative estimate of drug-likeness (QED) is 0.718. The number of hydrogen-bond acceptors (Lipinski definition) is 5. The highest BCUT2D eigenvalue weighted by Crippen LogP contribution is 2.20. The minimum atomic E-state index is -3.52. The molecule has 152 valence electrons. The summed E-state index contributed by atoms with van der Waals surface area (Å²) in [6.45, 7) is 6.46. The normalized spacial score (nSPS) is 15.9. The van der Waals surface area contributed by atoms with Gasteiger partial charge in [0.2, 0.25) is 15.9 Å². The van der Waals surface area contributed by atoms with Crippen LogP contribution in [0.15, 0.2) is 40.6 Å². The number of piperazine rings is 1. The first-order valence-corrected chi connectivity index (χ1v) is 11.7. The van der Waals surface area contributed by atoms with E-state index < -0.39 is 10.0 Å². The van der Waals surface area contributed by atoms with Crippen LogP contribution in [0.2, 0.25) is 0 Å². The molecule has 6 nitrogen and oxygen atoms in total. The Bertz CT molecular complexity index is 918. The van der Waals surface area contributed by atoms with Crippen LogP contribution in [0.1, 0.15) is 16.0 Å². The molecule has 0 spiro atoms. The van der Waals surface area contributed by atoms with E-state index in [2.05, 4.69) is 6.07 Å². The molecule has 2 heterocycles. The highest BCUT2D eigenvalue weighted by atomic mass is 32.2. The van der Waals surface area contributed by atoms with Gasteiger partial charge in [0.1, 0.15) is 0 Å². The maximum absolute atomic E-state index is 12.9. The van der Waals surface area contributed by atoms with Crippen molar-refractivity contribution in [1.82, 2.24) is 14.1 Å². The van der Waals surface area contributed by atoms with E-state index in [1.165, 1.54) is 9.18 Å². The van der Waals surface area contributed by atoms with Gasteiger partial charge in [-0.1, -0.05) is 12.1 Å². The molecule has 1 aliphatic heterocycles. The second-order valence-electron chi connectivity index (χ2n) is 7.28. The van der Waals surface area contributed by atoms with E-state index in [0.29, 0.717) is 37.6 Å². The molecule has 0 unspecified atom stereocenters. The molecule has 8 heteroatoms. The number of likely N-dealkylation sites (N-methyl/N-ethyl adjacent to an activating group) is 1. The van der Waals surface area contributed by atoms with Crippen molar-refractivity contribution in [2.24, 2.45) is 0 Å². The van der Waals surface area contributed by atoms with Crippen LogP contribution >= 0.6 is 11.3 Å². The van der Waals surface area contributed by atoms with Crippen molar-refractivity contribution in [3.05, 3.63) is 51.7 Å². The van der Waals surface area contributed by atoms with E-state index in [1.807, 2.05) is 43.3 Å². The van der Waals surface area contributed by atoms with Crippen LogP contribution in [-0.2, 0) is 21.4 Å². The zero-order valence-electron chi connectivity index (χ0n) is 16.6. The maximum Gasteiger partial charge on any atom is 0.243 e. The third-order valence-corrected chi connectivity index (χ3v) is 7.87. The number of hydrogen-bond donors (Lipinski definition) is 0. The zero-order valence-corrected chi connectivity index (χ0v) is 18.2. The van der Waals surface area contributed by atoms with Crippen LogP contribution in [0.4, 0.5) is 0 Å². The highest BCUT2D eigenvalue weighted by Gasteiger charge is 2.30. The van der Waals surface area contributed by atoms with Gasteiger partial charge in [0.25, 0.3) is 0 Å². The monoisotopic (exact) mass is 421 g/mol. The Labute approximate surface area is 171 Å². The van der Waals surface area contributed by atoms with E-state index in [1.54, 1.807) is 28.4 Å². The minimum absolute atomic E-state index is 0.0438. The standard InChI is InChI=1S/C20H27N3O3S2/c1-16-6-7-19(13-17(16)2)28(25,26)23-10-8-22(9-11-23)20(24)15-21(3)14-18-5-4-12-27-18/h4-7,12-13H,8-11,14-15H2,1-3H3. The van der Waals surface area contributed by atoms with Crippen molar-refractivity contribution < 1.29 is 13.2 Å². The summed E-state index contributed by atoms with van der Waals surface area (Å²) in [6, 6.07) is 9.29. The van der Waals surface area contributed by atoms with Gasteiger partial charge in [0.15, 0.2) is 0 Å². The van der Waals surface area contributed by atoms with Gasteiger partial charge in [-0.15, -0.1) is 11.3 Å². The smallest absolute Gasteiger partial charge is 0.243 e. The maximum atomic E-state index is 12.9. The van der Waals surface area contributed by atoms with Crippen molar-refractivity contribution in [3.8, 4) is 0 Å². The van der Waals surface area contributed by atoms with Crippen LogP contribution in [0.3, 0.4) is 0 Å². The summed E-state index contributed by atoms with van der Waals surface area (Å²) < 4.78 is 27.3. The van der Waals surface area contributed by atoms with Gasteiger partial charge in [-0.3, -0.25) is 9.69 Å². The summed E-state index contributed by atoms with van der Waals surface area (Å²) in [5, 5.41) is 2.03. The Hall–Kier alpha value is -1.74. The molecule has 0 aliphatic carbocycles. The van der Waals surface area contributed by atoms with E-state index in [4.69, 9.17) is 0 Å². The first kappa shape index (κ1) is 21.0. The molecular weight excluding hydrogens is 394 g/mol. The SMILES string of the molecule is Cc1ccc(S(=O)(=O)N2CCN(C(=O)CN(C)Cc3cccs3)CC2)cc1C. The molecule has 2 aromatic rings. The number of benzene rings is 1. The fourth-order valence-corrected chi connectivity index (χ4v) is 5.55. The topological polar surface area (TPSA) is 60.9 Å². The van der Waals surface area contributed by atoms with Crippen LogP contribution in [0.25, 0.3) is 0 Å². The summed E-state index contributed by atoms with van der Waals surface area (Å²) in [7, 11) is -1.59. The summed E-state index contributed by atoms with van der Waals surface area (Å²) in [5.74, 6) is 0.0438. The van der Waals surface area contributed by atoms with E-state index >= 15 is 0 Å². The number of nitrogens with zero attached hydrogens (tertiary/aromatic N) is 3. The summed E-state index contributed by atoms with van der Waals surface area (Å²) in [4.78, 5) is 17.9. The molecular formula is C20H27N3O3S2. The van der Waals surface area contributed by atoms with Gasteiger partial charge in [-0.2, -0.15) is 4.31 Å². The molecule has 0 atom stereocenters. The second-order valence-corrected chi connectivity index (χ2v) is 10.3. The second kappa shape index (κ2) is 8.73. The summed E-state index contributed by atoms with van der Waals surface area (Å²) >= 11 is 1.68. The molecule has 0 N–H and O–H groups in total. The predicted molar refractivity (Wildman–Crippen MR) is 112 cm³/mol. The third kappa shape index (κ3) is 4.81. The van der Waals surface area contributed by atoms with Gasteiger partial charge in [0, 0.05) is 37.6 Å². The molecule has 1 aromatic heterocycles. The number of thiophene rings is 1. The zero-order chi connectivity index (χ0) is 20.3. The lowest BCUT2D eigenvalue weighted by atomic mass is 10.1. The highest BCUT2D eigenvalue weighted by molar-refractivity contribution is 7.89. The Kier molecular flexibility index (Phi) is 6.54. The van der Waals surface area contributed by atoms with E-state index in [-0.39, 0.29) is 5.91 Å². The van der Waals surface area contributed by atoms with E-state index in [9.17, 15) is 13.2 Å². The van der Waals surface area contributed by atoms with Crippen LogP contribution in [-0.4, -0.2) is 68.2 Å².